The number of rotatable bonds is 5. The lowest BCUT2D eigenvalue weighted by Gasteiger charge is -2.29. The van der Waals surface area contributed by atoms with Crippen molar-refractivity contribution < 1.29 is 23.9 Å². The molecule has 2 N–H and O–H groups in total. The zero-order chi connectivity index (χ0) is 25.7. The molecular weight excluding hydrogens is 470 g/mol. The third kappa shape index (κ3) is 3.40. The molecule has 1 spiro atoms. The Kier molecular flexibility index (Phi) is 5.42. The molecule has 0 unspecified atom stereocenters. The molecule has 3 heterocycles. The van der Waals surface area contributed by atoms with Gasteiger partial charge in [-0.05, 0) is 49.2 Å². The monoisotopic (exact) mass is 495 g/mol. The number of hydrogen-bond donors (Lipinski definition) is 2. The van der Waals surface area contributed by atoms with E-state index in [1.807, 2.05) is 48.5 Å². The Morgan fingerprint density at radius 2 is 1.62 bits per heavy atom. The lowest BCUT2D eigenvalue weighted by Crippen LogP contribution is -2.53. The molecule has 3 aromatic rings. The van der Waals surface area contributed by atoms with Crippen LogP contribution >= 0.6 is 0 Å². The summed E-state index contributed by atoms with van der Waals surface area (Å²) in [4.78, 5) is 54.8. The van der Waals surface area contributed by atoms with Crippen LogP contribution in [0.3, 0.4) is 0 Å². The van der Waals surface area contributed by atoms with Gasteiger partial charge in [-0.15, -0.1) is 0 Å². The topological polar surface area (TPSA) is 105 Å². The van der Waals surface area contributed by atoms with E-state index in [9.17, 15) is 19.2 Å². The zero-order valence-corrected chi connectivity index (χ0v) is 20.1. The summed E-state index contributed by atoms with van der Waals surface area (Å²) in [6, 6.07) is 22.8. The van der Waals surface area contributed by atoms with Gasteiger partial charge >= 0.3 is 5.97 Å². The number of esters is 1. The van der Waals surface area contributed by atoms with Gasteiger partial charge in [0.2, 0.25) is 17.7 Å². The van der Waals surface area contributed by atoms with Crippen LogP contribution in [0.2, 0.25) is 0 Å². The van der Waals surface area contributed by atoms with Gasteiger partial charge in [-0.3, -0.25) is 19.7 Å². The van der Waals surface area contributed by atoms with Crippen molar-refractivity contribution in [3.63, 3.8) is 0 Å². The second kappa shape index (κ2) is 8.67. The predicted octanol–water partition coefficient (Wildman–Crippen LogP) is 3.03. The molecule has 3 aromatic carbocycles. The number of anilines is 2. The molecule has 2 fully saturated rings. The van der Waals surface area contributed by atoms with Gasteiger partial charge in [0.05, 0.1) is 29.7 Å². The number of ether oxygens (including phenoxy) is 1. The van der Waals surface area contributed by atoms with E-state index >= 15 is 0 Å². The molecule has 8 heteroatoms. The van der Waals surface area contributed by atoms with Gasteiger partial charge in [0.1, 0.15) is 5.54 Å². The smallest absolute Gasteiger partial charge is 0.338 e. The molecule has 186 valence electrons. The van der Waals surface area contributed by atoms with Crippen LogP contribution in [0.5, 0.6) is 0 Å². The van der Waals surface area contributed by atoms with E-state index in [-0.39, 0.29) is 18.4 Å². The summed E-state index contributed by atoms with van der Waals surface area (Å²) in [6.07, 6.45) is 0.480. The van der Waals surface area contributed by atoms with E-state index in [0.717, 1.165) is 5.56 Å². The van der Waals surface area contributed by atoms with E-state index in [1.54, 1.807) is 25.1 Å². The first-order valence-corrected chi connectivity index (χ1v) is 12.3. The lowest BCUT2D eigenvalue weighted by atomic mass is 9.76. The van der Waals surface area contributed by atoms with Crippen LogP contribution in [-0.2, 0) is 31.1 Å². The maximum Gasteiger partial charge on any atom is 0.338 e. The molecule has 0 bridgehead atoms. The van der Waals surface area contributed by atoms with Gasteiger partial charge in [0.25, 0.3) is 0 Å². The van der Waals surface area contributed by atoms with Gasteiger partial charge in [0.15, 0.2) is 0 Å². The number of nitrogens with one attached hydrogen (secondary N) is 2. The number of amides is 3. The molecule has 0 aromatic heterocycles. The first kappa shape index (κ1) is 23.1. The van der Waals surface area contributed by atoms with Crippen molar-refractivity contribution in [1.29, 1.82) is 0 Å². The SMILES string of the molecule is CCOC(=O)c1ccc(N2C(=O)[C@@H]3[C@H](Cc4ccccc4)N[C@]4(C(=O)Nc5ccccc54)[C@@H]3C2=O)cc1. The Hall–Kier alpha value is -4.30. The molecule has 0 aliphatic carbocycles. The maximum absolute atomic E-state index is 14.0. The summed E-state index contributed by atoms with van der Waals surface area (Å²) in [6.45, 7) is 1.97. The average Bonchev–Trinajstić information content (AvgIpc) is 3.49. The standard InChI is InChI=1S/C29H25N3O5/c1-2-37-27(35)18-12-14-19(15-13-18)32-25(33)23-22(16-17-8-4-3-5-9-17)31-29(24(23)26(32)34)20-10-6-7-11-21(20)30-28(29)36/h3-15,22-24,31H,2,16H2,1H3,(H,30,36)/t22-,23+,24-,29-/m0/s1. The summed E-state index contributed by atoms with van der Waals surface area (Å²) in [5.74, 6) is -3.26. The molecule has 3 amide bonds. The van der Waals surface area contributed by atoms with E-state index in [2.05, 4.69) is 10.6 Å². The first-order chi connectivity index (χ1) is 18.0. The number of hydrogen-bond acceptors (Lipinski definition) is 6. The van der Waals surface area contributed by atoms with Gasteiger partial charge in [-0.2, -0.15) is 0 Å². The van der Waals surface area contributed by atoms with E-state index < -0.39 is 35.3 Å². The molecule has 3 aliphatic rings. The van der Waals surface area contributed by atoms with Crippen molar-refractivity contribution in [3.05, 3.63) is 95.6 Å². The summed E-state index contributed by atoms with van der Waals surface area (Å²) >= 11 is 0. The number of benzene rings is 3. The summed E-state index contributed by atoms with van der Waals surface area (Å²) < 4.78 is 5.04. The van der Waals surface area contributed by atoms with Crippen molar-refractivity contribution >= 4 is 35.1 Å². The zero-order valence-electron chi connectivity index (χ0n) is 20.1. The number of para-hydroxylation sites is 1. The molecule has 6 rings (SSSR count). The van der Waals surface area contributed by atoms with Crippen LogP contribution in [0, 0.1) is 11.8 Å². The largest absolute Gasteiger partial charge is 0.462 e. The van der Waals surface area contributed by atoms with E-state index in [1.165, 1.54) is 17.0 Å². The summed E-state index contributed by atoms with van der Waals surface area (Å²) in [5.41, 5.74) is 1.64. The minimum absolute atomic E-state index is 0.245. The number of fused-ring (bicyclic) bond motifs is 4. The fraction of sp³-hybridized carbons (Fsp3) is 0.241. The molecule has 0 saturated carbocycles. The molecular formula is C29H25N3O5. The molecule has 8 nitrogen and oxygen atoms in total. The van der Waals surface area contributed by atoms with Crippen LogP contribution in [0.25, 0.3) is 0 Å². The van der Waals surface area contributed by atoms with Crippen molar-refractivity contribution in [2.24, 2.45) is 11.8 Å². The Labute approximate surface area is 213 Å². The summed E-state index contributed by atoms with van der Waals surface area (Å²) in [5, 5.41) is 6.37. The van der Waals surface area contributed by atoms with E-state index in [0.29, 0.717) is 28.9 Å². The molecule has 2 saturated heterocycles. The highest BCUT2D eigenvalue weighted by Gasteiger charge is 2.70. The van der Waals surface area contributed by atoms with Crippen LogP contribution < -0.4 is 15.5 Å². The highest BCUT2D eigenvalue weighted by Crippen LogP contribution is 2.53. The number of carbonyl (C=O) groups is 4. The normalized spacial score (nSPS) is 25.8. The van der Waals surface area contributed by atoms with Crippen molar-refractivity contribution in [2.75, 3.05) is 16.8 Å². The van der Waals surface area contributed by atoms with Gasteiger partial charge in [-0.1, -0.05) is 48.5 Å². The van der Waals surface area contributed by atoms with Gasteiger partial charge in [-0.25, -0.2) is 9.69 Å². The number of nitrogens with zero attached hydrogens (tertiary/aromatic N) is 1. The lowest BCUT2D eigenvalue weighted by molar-refractivity contribution is -0.130. The second-order valence-corrected chi connectivity index (χ2v) is 9.53. The molecule has 0 radical (unpaired) electrons. The molecule has 37 heavy (non-hydrogen) atoms. The predicted molar refractivity (Wildman–Crippen MR) is 136 cm³/mol. The quantitative estimate of drug-likeness (QED) is 0.417. The Morgan fingerprint density at radius 3 is 2.35 bits per heavy atom. The van der Waals surface area contributed by atoms with Crippen molar-refractivity contribution in [3.8, 4) is 0 Å². The van der Waals surface area contributed by atoms with Crippen LogP contribution in [0.1, 0.15) is 28.4 Å². The fourth-order valence-electron chi connectivity index (χ4n) is 6.02. The van der Waals surface area contributed by atoms with Gasteiger partial charge in [0, 0.05) is 17.3 Å². The van der Waals surface area contributed by atoms with E-state index in [4.69, 9.17) is 4.74 Å². The minimum Gasteiger partial charge on any atom is -0.462 e. The Morgan fingerprint density at radius 1 is 0.919 bits per heavy atom. The first-order valence-electron chi connectivity index (χ1n) is 12.3. The van der Waals surface area contributed by atoms with Crippen LogP contribution in [0.15, 0.2) is 78.9 Å². The highest BCUT2D eigenvalue weighted by atomic mass is 16.5. The molecule has 4 atom stereocenters. The van der Waals surface area contributed by atoms with Crippen LogP contribution in [0.4, 0.5) is 11.4 Å². The fourth-order valence-corrected chi connectivity index (χ4v) is 6.02. The maximum atomic E-state index is 14.0. The third-order valence-electron chi connectivity index (χ3n) is 7.56. The van der Waals surface area contributed by atoms with Crippen molar-refractivity contribution in [1.82, 2.24) is 5.32 Å². The van der Waals surface area contributed by atoms with Crippen LogP contribution in [-0.4, -0.2) is 36.3 Å². The van der Waals surface area contributed by atoms with Crippen molar-refractivity contribution in [2.45, 2.75) is 24.9 Å². The third-order valence-corrected chi connectivity index (χ3v) is 7.56. The Bertz CT molecular complexity index is 1420. The van der Waals surface area contributed by atoms with Gasteiger partial charge < -0.3 is 10.1 Å². The second-order valence-electron chi connectivity index (χ2n) is 9.53. The molecule has 3 aliphatic heterocycles. The minimum atomic E-state index is -1.35. The summed E-state index contributed by atoms with van der Waals surface area (Å²) in [7, 11) is 0. The number of imide groups is 1. The highest BCUT2D eigenvalue weighted by molar-refractivity contribution is 6.25. The number of carbonyl (C=O) groups excluding carboxylic acids is 4. The average molecular weight is 496 g/mol. The Balaban J connectivity index is 1.42.